The van der Waals surface area contributed by atoms with Gasteiger partial charge in [-0.15, -0.1) is 0 Å². The van der Waals surface area contributed by atoms with Crippen LogP contribution < -0.4 is 4.74 Å². The lowest BCUT2D eigenvalue weighted by atomic mass is 9.74. The number of pyridine rings is 1. The van der Waals surface area contributed by atoms with Gasteiger partial charge in [0.2, 0.25) is 0 Å². The van der Waals surface area contributed by atoms with Crippen molar-refractivity contribution in [2.24, 2.45) is 5.41 Å². The minimum Gasteiger partial charge on any atom is -0.497 e. The first-order valence-electron chi connectivity index (χ1n) is 12.7. The lowest BCUT2D eigenvalue weighted by Crippen LogP contribution is -2.44. The van der Waals surface area contributed by atoms with Crippen molar-refractivity contribution in [3.05, 3.63) is 70.9 Å². The molecule has 1 N–H and O–H groups in total. The third-order valence-electron chi connectivity index (χ3n) is 7.56. The molecule has 0 radical (unpaired) electrons. The second-order valence-electron chi connectivity index (χ2n) is 9.78. The van der Waals surface area contributed by atoms with Crippen molar-refractivity contribution in [3.63, 3.8) is 0 Å². The summed E-state index contributed by atoms with van der Waals surface area (Å²) in [5.74, 6) is -0.232. The number of carbonyl (C=O) groups is 1. The Morgan fingerprint density at radius 3 is 2.64 bits per heavy atom. The van der Waals surface area contributed by atoms with Gasteiger partial charge in [-0.2, -0.15) is 0 Å². The molecule has 5 nitrogen and oxygen atoms in total. The predicted octanol–water partition coefficient (Wildman–Crippen LogP) is 6.88. The largest absolute Gasteiger partial charge is 0.497 e. The number of aromatic nitrogens is 1. The average Bonchev–Trinajstić information content (AvgIpc) is 2.90. The van der Waals surface area contributed by atoms with Gasteiger partial charge in [0.05, 0.1) is 23.1 Å². The minimum absolute atomic E-state index is 0.0966. The number of halogens is 2. The molecule has 0 bridgehead atoms. The fourth-order valence-electron chi connectivity index (χ4n) is 5.25. The van der Waals surface area contributed by atoms with Crippen molar-refractivity contribution in [1.29, 1.82) is 0 Å². The van der Waals surface area contributed by atoms with Crippen LogP contribution in [0.25, 0.3) is 10.9 Å². The number of benzene rings is 2. The number of fused-ring (bicyclic) bond motifs is 1. The zero-order valence-electron chi connectivity index (χ0n) is 20.8. The monoisotopic (exact) mass is 512 g/mol. The molecule has 1 saturated heterocycles. The van der Waals surface area contributed by atoms with Gasteiger partial charge in [0.15, 0.2) is 0 Å². The highest BCUT2D eigenvalue weighted by molar-refractivity contribution is 6.32. The van der Waals surface area contributed by atoms with E-state index in [-0.39, 0.29) is 17.9 Å². The molecule has 4 rings (SSSR count). The van der Waals surface area contributed by atoms with Crippen LogP contribution in [0.15, 0.2) is 54.7 Å². The van der Waals surface area contributed by atoms with Crippen molar-refractivity contribution < 1.29 is 19.0 Å². The number of likely N-dealkylation sites (tertiary alicyclic amines) is 1. The van der Waals surface area contributed by atoms with E-state index in [9.17, 15) is 9.90 Å². The Kier molecular flexibility index (Phi) is 8.81. The molecule has 2 heterocycles. The maximum absolute atomic E-state index is 15.6. The summed E-state index contributed by atoms with van der Waals surface area (Å²) in [5, 5.41) is 10.9. The number of methoxy groups -OCH3 is 1. The van der Waals surface area contributed by atoms with Gasteiger partial charge in [-0.3, -0.25) is 9.78 Å². The van der Waals surface area contributed by atoms with Crippen LogP contribution in [-0.4, -0.2) is 47.7 Å². The van der Waals surface area contributed by atoms with Crippen LogP contribution in [0.2, 0.25) is 5.02 Å². The van der Waals surface area contributed by atoms with Gasteiger partial charge in [0.1, 0.15) is 11.9 Å². The Labute approximate surface area is 217 Å². The van der Waals surface area contributed by atoms with Crippen LogP contribution in [-0.2, 0) is 11.2 Å². The van der Waals surface area contributed by atoms with Gasteiger partial charge in [-0.1, -0.05) is 41.9 Å². The molecule has 0 unspecified atom stereocenters. The van der Waals surface area contributed by atoms with E-state index in [1.807, 2.05) is 6.07 Å². The molecule has 3 aromatic rings. The van der Waals surface area contributed by atoms with Gasteiger partial charge in [-0.05, 0) is 88.3 Å². The lowest BCUT2D eigenvalue weighted by Gasteiger charge is -2.39. The van der Waals surface area contributed by atoms with E-state index in [4.69, 9.17) is 16.3 Å². The van der Waals surface area contributed by atoms with E-state index in [2.05, 4.69) is 34.1 Å². The van der Waals surface area contributed by atoms with Gasteiger partial charge >= 0.3 is 5.97 Å². The van der Waals surface area contributed by atoms with E-state index in [1.165, 1.54) is 11.8 Å². The second-order valence-corrected chi connectivity index (χ2v) is 10.2. The molecule has 36 heavy (non-hydrogen) atoms. The van der Waals surface area contributed by atoms with Crippen molar-refractivity contribution in [3.8, 4) is 5.75 Å². The summed E-state index contributed by atoms with van der Waals surface area (Å²) >= 11 is 6.36. The molecule has 0 amide bonds. The fraction of sp³-hybridized carbons (Fsp3) is 0.448. The molecule has 0 aliphatic carbocycles. The number of rotatable bonds is 11. The van der Waals surface area contributed by atoms with Crippen LogP contribution in [0.5, 0.6) is 5.75 Å². The third kappa shape index (κ3) is 6.16. The SMILES string of the molecule is COc1ccc2ncc(Cl)c([C@H](F)CCC3(C(=O)O)CCN(CCCCc4ccccc4)CC3)c2c1. The van der Waals surface area contributed by atoms with Crippen molar-refractivity contribution in [1.82, 2.24) is 9.88 Å². The number of carboxylic acid groups (broad SMARTS) is 1. The average molecular weight is 513 g/mol. The van der Waals surface area contributed by atoms with Gasteiger partial charge in [-0.25, -0.2) is 4.39 Å². The summed E-state index contributed by atoms with van der Waals surface area (Å²) in [6.45, 7) is 2.42. The third-order valence-corrected chi connectivity index (χ3v) is 7.86. The van der Waals surface area contributed by atoms with Gasteiger partial charge in [0, 0.05) is 17.1 Å². The summed E-state index contributed by atoms with van der Waals surface area (Å²) in [6.07, 6.45) is 4.76. The molecule has 1 fully saturated rings. The van der Waals surface area contributed by atoms with Crippen molar-refractivity contribution in [2.75, 3.05) is 26.7 Å². The number of carboxylic acids is 1. The molecule has 1 aliphatic heterocycles. The maximum atomic E-state index is 15.6. The summed E-state index contributed by atoms with van der Waals surface area (Å²) in [5.41, 5.74) is 1.43. The highest BCUT2D eigenvalue weighted by Crippen LogP contribution is 2.42. The maximum Gasteiger partial charge on any atom is 0.309 e. The Morgan fingerprint density at radius 2 is 1.94 bits per heavy atom. The van der Waals surface area contributed by atoms with Crippen LogP contribution >= 0.6 is 11.6 Å². The Balaban J connectivity index is 1.34. The quantitative estimate of drug-likeness (QED) is 0.284. The Hall–Kier alpha value is -2.70. The van der Waals surface area contributed by atoms with Crippen molar-refractivity contribution >= 4 is 28.5 Å². The molecule has 1 atom stereocenters. The molecule has 192 valence electrons. The van der Waals surface area contributed by atoms with E-state index >= 15 is 4.39 Å². The van der Waals surface area contributed by atoms with Crippen LogP contribution in [0.3, 0.4) is 0 Å². The Bertz CT molecular complexity index is 1170. The van der Waals surface area contributed by atoms with E-state index < -0.39 is 17.6 Å². The summed E-state index contributed by atoms with van der Waals surface area (Å²) in [4.78, 5) is 19.0. The topological polar surface area (TPSA) is 62.7 Å². The van der Waals surface area contributed by atoms with Crippen LogP contribution in [0.1, 0.15) is 55.8 Å². The fourth-order valence-corrected chi connectivity index (χ4v) is 5.51. The number of alkyl halides is 1. The normalized spacial score (nSPS) is 16.6. The minimum atomic E-state index is -1.39. The van der Waals surface area contributed by atoms with E-state index in [0.717, 1.165) is 38.9 Å². The molecular weight excluding hydrogens is 479 g/mol. The number of aliphatic carboxylic acids is 1. The number of hydrogen-bond donors (Lipinski definition) is 1. The van der Waals surface area contributed by atoms with E-state index in [0.29, 0.717) is 35.1 Å². The van der Waals surface area contributed by atoms with Gasteiger partial charge < -0.3 is 14.7 Å². The van der Waals surface area contributed by atoms with Gasteiger partial charge in [0.25, 0.3) is 0 Å². The lowest BCUT2D eigenvalue weighted by molar-refractivity contribution is -0.153. The molecule has 2 aromatic carbocycles. The first-order chi connectivity index (χ1) is 17.4. The molecule has 7 heteroatoms. The molecule has 1 aliphatic rings. The first kappa shape index (κ1) is 26.4. The molecule has 1 aromatic heterocycles. The van der Waals surface area contributed by atoms with Crippen molar-refractivity contribution in [2.45, 2.75) is 51.1 Å². The van der Waals surface area contributed by atoms with Crippen LogP contribution in [0.4, 0.5) is 4.39 Å². The molecule has 0 saturated carbocycles. The summed E-state index contributed by atoms with van der Waals surface area (Å²) in [6, 6.07) is 15.7. The number of piperidine rings is 1. The number of aryl methyl sites for hydroxylation is 1. The highest BCUT2D eigenvalue weighted by Gasteiger charge is 2.41. The smallest absolute Gasteiger partial charge is 0.309 e. The zero-order chi connectivity index (χ0) is 25.5. The predicted molar refractivity (Wildman–Crippen MR) is 142 cm³/mol. The second kappa shape index (κ2) is 12.0. The number of nitrogens with zero attached hydrogens (tertiary/aromatic N) is 2. The standard InChI is InChI=1S/C29H34ClFN2O3/c1-36-22-10-11-26-23(19-22)27(24(30)20-32-26)25(31)12-13-29(28(34)35)14-17-33(18-15-29)16-6-5-9-21-7-3-2-4-8-21/h2-4,7-8,10-11,19-20,25H,5-6,9,12-18H2,1H3,(H,34,35)/t25-/m1/s1. The number of unbranched alkanes of at least 4 members (excludes halogenated alkanes) is 1. The number of ether oxygens (including phenoxy) is 1. The highest BCUT2D eigenvalue weighted by atomic mass is 35.5. The Morgan fingerprint density at radius 1 is 1.19 bits per heavy atom. The summed E-state index contributed by atoms with van der Waals surface area (Å²) < 4.78 is 20.9. The summed E-state index contributed by atoms with van der Waals surface area (Å²) in [7, 11) is 1.55. The van der Waals surface area contributed by atoms with E-state index in [1.54, 1.807) is 25.3 Å². The molecular formula is C29H34ClFN2O3. The zero-order valence-corrected chi connectivity index (χ0v) is 21.5. The molecule has 0 spiro atoms. The number of hydrogen-bond acceptors (Lipinski definition) is 4. The van der Waals surface area contributed by atoms with Crippen LogP contribution in [0, 0.1) is 5.41 Å². The first-order valence-corrected chi connectivity index (χ1v) is 13.1.